The molecule has 0 saturated carbocycles. The van der Waals surface area contributed by atoms with E-state index in [0.29, 0.717) is 17.9 Å². The summed E-state index contributed by atoms with van der Waals surface area (Å²) in [7, 11) is 0. The minimum absolute atomic E-state index is 0. The minimum Gasteiger partial charge on any atom is -0.353 e. The van der Waals surface area contributed by atoms with Gasteiger partial charge in [-0.25, -0.2) is 18.2 Å². The Morgan fingerprint density at radius 1 is 0.821 bits per heavy atom. The number of halogens is 4. The molecule has 0 amide bonds. The molecule has 0 atom stereocenters. The van der Waals surface area contributed by atoms with Gasteiger partial charge in [0, 0.05) is 51.9 Å². The van der Waals surface area contributed by atoms with Crippen LogP contribution in [0.2, 0.25) is 0 Å². The Morgan fingerprint density at radius 2 is 1.59 bits per heavy atom. The van der Waals surface area contributed by atoms with Gasteiger partial charge in [-0.1, -0.05) is 18.2 Å². The van der Waals surface area contributed by atoms with Crippen LogP contribution >= 0.6 is 23.7 Å². The second-order valence-corrected chi connectivity index (χ2v) is 11.1. The molecule has 2 aliphatic rings. The molecule has 0 aliphatic carbocycles. The number of hydrogen-bond acceptors (Lipinski definition) is 6. The van der Waals surface area contributed by atoms with Crippen molar-refractivity contribution in [2.75, 3.05) is 49.1 Å². The van der Waals surface area contributed by atoms with Gasteiger partial charge in [0.05, 0.1) is 5.39 Å². The molecule has 4 aromatic rings. The van der Waals surface area contributed by atoms with Crippen molar-refractivity contribution < 1.29 is 13.2 Å². The number of anilines is 2. The first kappa shape index (κ1) is 27.7. The smallest absolute Gasteiger partial charge is 0.228 e. The van der Waals surface area contributed by atoms with E-state index in [0.717, 1.165) is 92.3 Å². The number of aromatic nitrogens is 2. The lowest BCUT2D eigenvalue weighted by Gasteiger charge is -2.36. The number of benzene rings is 2. The molecule has 2 aromatic carbocycles. The van der Waals surface area contributed by atoms with Gasteiger partial charge in [0.25, 0.3) is 0 Å². The van der Waals surface area contributed by atoms with Gasteiger partial charge in [-0.3, -0.25) is 4.90 Å². The van der Waals surface area contributed by atoms with Crippen LogP contribution in [0.3, 0.4) is 0 Å². The van der Waals surface area contributed by atoms with E-state index in [1.54, 1.807) is 29.5 Å². The van der Waals surface area contributed by atoms with Crippen LogP contribution in [0.25, 0.3) is 10.2 Å². The molecule has 4 heterocycles. The molecule has 0 unspecified atom stereocenters. The number of nitrogens with zero attached hydrogens (tertiary/aromatic N) is 5. The van der Waals surface area contributed by atoms with E-state index < -0.39 is 11.6 Å². The minimum atomic E-state index is -0.536. The highest BCUT2D eigenvalue weighted by Gasteiger charge is 2.26. The van der Waals surface area contributed by atoms with Crippen LogP contribution in [0.4, 0.5) is 24.9 Å². The van der Waals surface area contributed by atoms with Crippen molar-refractivity contribution in [3.8, 4) is 0 Å². The average Bonchev–Trinajstić information content (AvgIpc) is 3.40. The van der Waals surface area contributed by atoms with Gasteiger partial charge in [-0.05, 0) is 66.0 Å². The van der Waals surface area contributed by atoms with E-state index in [-0.39, 0.29) is 18.2 Å². The van der Waals surface area contributed by atoms with E-state index in [1.807, 2.05) is 6.07 Å². The zero-order valence-electron chi connectivity index (χ0n) is 21.5. The fourth-order valence-electron chi connectivity index (χ4n) is 5.56. The molecule has 2 aliphatic heterocycles. The average molecular weight is 574 g/mol. The molecular weight excluding hydrogens is 543 g/mol. The maximum Gasteiger partial charge on any atom is 0.228 e. The van der Waals surface area contributed by atoms with Crippen LogP contribution in [0, 0.1) is 23.4 Å². The predicted molar refractivity (Wildman–Crippen MR) is 154 cm³/mol. The van der Waals surface area contributed by atoms with Crippen molar-refractivity contribution in [2.24, 2.45) is 5.92 Å². The van der Waals surface area contributed by atoms with Crippen molar-refractivity contribution in [1.82, 2.24) is 14.9 Å². The maximum atomic E-state index is 14.1. The van der Waals surface area contributed by atoms with Crippen molar-refractivity contribution in [1.29, 1.82) is 0 Å². The van der Waals surface area contributed by atoms with Gasteiger partial charge in [-0.2, -0.15) is 4.98 Å². The maximum absolute atomic E-state index is 14.1. The zero-order valence-corrected chi connectivity index (χ0v) is 23.2. The Kier molecular flexibility index (Phi) is 8.59. The second kappa shape index (κ2) is 12.1. The summed E-state index contributed by atoms with van der Waals surface area (Å²) in [6.45, 7) is 5.82. The molecule has 206 valence electrons. The molecule has 2 aromatic heterocycles. The monoisotopic (exact) mass is 573 g/mol. The largest absolute Gasteiger partial charge is 0.353 e. The quantitative estimate of drug-likeness (QED) is 0.270. The topological polar surface area (TPSA) is 35.5 Å². The third kappa shape index (κ3) is 6.31. The van der Waals surface area contributed by atoms with Crippen molar-refractivity contribution >= 4 is 45.7 Å². The number of piperidine rings is 1. The Hall–Kier alpha value is -2.88. The first-order valence-electron chi connectivity index (χ1n) is 13.2. The summed E-state index contributed by atoms with van der Waals surface area (Å²) in [6, 6.07) is 12.8. The molecule has 5 nitrogen and oxygen atoms in total. The van der Waals surface area contributed by atoms with Gasteiger partial charge in [0.15, 0.2) is 0 Å². The molecule has 0 bridgehead atoms. The highest BCUT2D eigenvalue weighted by atomic mass is 35.5. The molecule has 10 heteroatoms. The number of fused-ring (bicyclic) bond motifs is 1. The van der Waals surface area contributed by atoms with Crippen LogP contribution < -0.4 is 9.80 Å². The molecule has 2 fully saturated rings. The number of thiophene rings is 1. The highest BCUT2D eigenvalue weighted by molar-refractivity contribution is 7.16. The van der Waals surface area contributed by atoms with Gasteiger partial charge < -0.3 is 9.80 Å². The normalized spacial score (nSPS) is 17.0. The van der Waals surface area contributed by atoms with Crippen LogP contribution in [-0.2, 0) is 13.0 Å². The summed E-state index contributed by atoms with van der Waals surface area (Å²) >= 11 is 1.63. The van der Waals surface area contributed by atoms with E-state index in [4.69, 9.17) is 9.97 Å². The third-order valence-corrected chi connectivity index (χ3v) is 8.49. The Balaban J connectivity index is 0.00000308. The molecule has 0 radical (unpaired) electrons. The fraction of sp³-hybridized carbons (Fsp3) is 0.379. The third-order valence-electron chi connectivity index (χ3n) is 7.68. The summed E-state index contributed by atoms with van der Waals surface area (Å²) < 4.78 is 41.0. The van der Waals surface area contributed by atoms with E-state index in [1.165, 1.54) is 12.1 Å². The van der Waals surface area contributed by atoms with Gasteiger partial charge in [-0.15, -0.1) is 23.7 Å². The first-order chi connectivity index (χ1) is 18.5. The van der Waals surface area contributed by atoms with Gasteiger partial charge >= 0.3 is 0 Å². The highest BCUT2D eigenvalue weighted by Crippen LogP contribution is 2.33. The summed E-state index contributed by atoms with van der Waals surface area (Å²) in [5.41, 5.74) is 1.58. The molecule has 0 spiro atoms. The van der Waals surface area contributed by atoms with E-state index in [9.17, 15) is 13.2 Å². The predicted octanol–water partition coefficient (Wildman–Crippen LogP) is 6.31. The zero-order chi connectivity index (χ0) is 26.1. The van der Waals surface area contributed by atoms with Crippen molar-refractivity contribution in [3.05, 3.63) is 82.5 Å². The molecular formula is C29H31ClF3N5S. The SMILES string of the molecule is Cl.Fc1cccc(CN2CCN(c3nc(N4CCC(Cc5ccc(F)cc5F)CC4)nc4sccc34)CC2)c1. The van der Waals surface area contributed by atoms with Crippen molar-refractivity contribution in [3.63, 3.8) is 0 Å². The Morgan fingerprint density at radius 3 is 2.33 bits per heavy atom. The first-order valence-corrected chi connectivity index (χ1v) is 14.1. The van der Waals surface area contributed by atoms with Crippen LogP contribution in [0.5, 0.6) is 0 Å². The molecule has 39 heavy (non-hydrogen) atoms. The van der Waals surface area contributed by atoms with Crippen LogP contribution in [-0.4, -0.2) is 54.1 Å². The molecule has 6 rings (SSSR count). The Labute approximate surface area is 236 Å². The second-order valence-electron chi connectivity index (χ2n) is 10.3. The lowest BCUT2D eigenvalue weighted by Crippen LogP contribution is -2.46. The lowest BCUT2D eigenvalue weighted by atomic mass is 9.90. The Bertz CT molecular complexity index is 1420. The van der Waals surface area contributed by atoms with Crippen LogP contribution in [0.15, 0.2) is 53.9 Å². The number of hydrogen-bond donors (Lipinski definition) is 0. The van der Waals surface area contributed by atoms with Crippen molar-refractivity contribution in [2.45, 2.75) is 25.8 Å². The molecule has 2 saturated heterocycles. The summed E-state index contributed by atoms with van der Waals surface area (Å²) in [4.78, 5) is 17.9. The van der Waals surface area contributed by atoms with E-state index in [2.05, 4.69) is 26.1 Å². The summed E-state index contributed by atoms with van der Waals surface area (Å²) in [6.07, 6.45) is 2.45. The summed E-state index contributed by atoms with van der Waals surface area (Å²) in [5, 5.41) is 3.15. The number of piperazine rings is 1. The van der Waals surface area contributed by atoms with Gasteiger partial charge in [0.1, 0.15) is 28.1 Å². The lowest BCUT2D eigenvalue weighted by molar-refractivity contribution is 0.249. The van der Waals surface area contributed by atoms with Gasteiger partial charge in [0.2, 0.25) is 5.95 Å². The summed E-state index contributed by atoms with van der Waals surface area (Å²) in [5.74, 6) is 0.893. The number of rotatable bonds is 6. The molecule has 0 N–H and O–H groups in total. The van der Waals surface area contributed by atoms with E-state index >= 15 is 0 Å². The van der Waals surface area contributed by atoms with Crippen LogP contribution in [0.1, 0.15) is 24.0 Å². The fourth-order valence-corrected chi connectivity index (χ4v) is 6.31. The standard InChI is InChI=1S/C29H30F3N5S.ClH/c30-23-3-1-2-21(17-23)19-35-11-13-36(14-12-35)27-25-8-15-38-28(25)34-29(33-27)37-9-6-20(7-10-37)16-22-4-5-24(31)18-26(22)32;/h1-5,8,15,17-18,20H,6-7,9-14,16,19H2;1H.